The number of likely N-dealkylation sites (tertiary alicyclic amines) is 1. The Balaban J connectivity index is 1.57. The van der Waals surface area contributed by atoms with E-state index in [1.54, 1.807) is 24.3 Å². The van der Waals surface area contributed by atoms with Gasteiger partial charge in [0.1, 0.15) is 5.75 Å². The first-order valence-corrected chi connectivity index (χ1v) is 10.2. The molecule has 0 aromatic heterocycles. The fraction of sp³-hybridized carbons (Fsp3) is 0.611. The van der Waals surface area contributed by atoms with Crippen LogP contribution in [0.3, 0.4) is 0 Å². The van der Waals surface area contributed by atoms with E-state index in [0.717, 1.165) is 31.0 Å². The molecule has 1 atom stereocenters. The van der Waals surface area contributed by atoms with E-state index < -0.39 is 0 Å². The minimum absolute atomic E-state index is 0.0941. The topological polar surface area (TPSA) is 32.8 Å². The van der Waals surface area contributed by atoms with Crippen LogP contribution in [0.5, 0.6) is 5.75 Å². The highest BCUT2D eigenvalue weighted by Crippen LogP contribution is 2.20. The summed E-state index contributed by atoms with van der Waals surface area (Å²) in [6.45, 7) is 4.28. The van der Waals surface area contributed by atoms with Crippen molar-refractivity contribution in [3.63, 3.8) is 0 Å². The largest absolute Gasteiger partial charge is 0.484 e. The average Bonchev–Trinajstić information content (AvgIpc) is 2.99. The second kappa shape index (κ2) is 8.97. The van der Waals surface area contributed by atoms with Crippen LogP contribution in [0, 0.1) is 0 Å². The van der Waals surface area contributed by atoms with Gasteiger partial charge in [-0.05, 0) is 62.4 Å². The van der Waals surface area contributed by atoms with Crippen molar-refractivity contribution in [2.75, 3.05) is 44.3 Å². The molecule has 1 aromatic rings. The Morgan fingerprint density at radius 3 is 2.67 bits per heavy atom. The molecular weight excluding hydrogens is 344 g/mol. The van der Waals surface area contributed by atoms with E-state index in [1.807, 2.05) is 16.7 Å². The second-order valence-corrected chi connectivity index (χ2v) is 8.01. The Labute approximate surface area is 153 Å². The highest BCUT2D eigenvalue weighted by molar-refractivity contribution is 7.99. The van der Waals surface area contributed by atoms with Crippen molar-refractivity contribution in [3.8, 4) is 5.75 Å². The summed E-state index contributed by atoms with van der Waals surface area (Å²) in [5.74, 6) is 2.95. The number of carbonyl (C=O) groups is 1. The smallest absolute Gasteiger partial charge is 0.260 e. The number of rotatable bonds is 5. The van der Waals surface area contributed by atoms with Gasteiger partial charge < -0.3 is 14.5 Å². The van der Waals surface area contributed by atoms with E-state index in [9.17, 15) is 4.79 Å². The summed E-state index contributed by atoms with van der Waals surface area (Å²) >= 11 is 7.85. The van der Waals surface area contributed by atoms with Crippen LogP contribution in [0.1, 0.15) is 19.3 Å². The molecule has 132 valence electrons. The van der Waals surface area contributed by atoms with Crippen LogP contribution in [0.4, 0.5) is 0 Å². The molecule has 0 aliphatic carbocycles. The monoisotopic (exact) mass is 368 g/mol. The van der Waals surface area contributed by atoms with Crippen molar-refractivity contribution in [1.29, 1.82) is 0 Å². The number of thioether (sulfide) groups is 1. The van der Waals surface area contributed by atoms with Gasteiger partial charge in [-0.3, -0.25) is 4.79 Å². The van der Waals surface area contributed by atoms with E-state index >= 15 is 0 Å². The second-order valence-electron chi connectivity index (χ2n) is 6.42. The highest BCUT2D eigenvalue weighted by Gasteiger charge is 2.28. The standard InChI is InChI=1S/C18H25ClN2O2S/c19-15-4-6-17(7-5-15)23-13-18(22)21-10-3-11-24-14-16(21)12-20-8-1-2-9-20/h4-7,16H,1-3,8-14H2. The number of amides is 1. The van der Waals surface area contributed by atoms with Crippen LogP contribution in [-0.4, -0.2) is 66.0 Å². The number of halogens is 1. The number of nitrogens with zero attached hydrogens (tertiary/aromatic N) is 2. The quantitative estimate of drug-likeness (QED) is 0.799. The first-order chi connectivity index (χ1) is 11.7. The zero-order chi connectivity index (χ0) is 16.8. The molecule has 0 spiro atoms. The first-order valence-electron chi connectivity index (χ1n) is 8.70. The Kier molecular flexibility index (Phi) is 6.69. The summed E-state index contributed by atoms with van der Waals surface area (Å²) in [6, 6.07) is 7.46. The number of hydrogen-bond donors (Lipinski definition) is 0. The summed E-state index contributed by atoms with van der Waals surface area (Å²) in [5, 5.41) is 0.670. The molecular formula is C18H25ClN2O2S. The number of benzene rings is 1. The Hall–Kier alpha value is -0.910. The van der Waals surface area contributed by atoms with Crippen LogP contribution >= 0.6 is 23.4 Å². The lowest BCUT2D eigenvalue weighted by Crippen LogP contribution is -2.49. The Morgan fingerprint density at radius 2 is 1.92 bits per heavy atom. The molecule has 2 saturated heterocycles. The zero-order valence-corrected chi connectivity index (χ0v) is 15.5. The molecule has 4 nitrogen and oxygen atoms in total. The Morgan fingerprint density at radius 1 is 1.17 bits per heavy atom. The SMILES string of the molecule is O=C(COc1ccc(Cl)cc1)N1CCCSCC1CN1CCCC1. The summed E-state index contributed by atoms with van der Waals surface area (Å²) in [7, 11) is 0. The summed E-state index contributed by atoms with van der Waals surface area (Å²) in [6.07, 6.45) is 3.63. The van der Waals surface area contributed by atoms with Gasteiger partial charge in [-0.2, -0.15) is 11.8 Å². The highest BCUT2D eigenvalue weighted by atomic mass is 35.5. The zero-order valence-electron chi connectivity index (χ0n) is 14.0. The minimum atomic E-state index is 0.0941. The molecule has 0 saturated carbocycles. The molecule has 2 fully saturated rings. The van der Waals surface area contributed by atoms with E-state index in [1.165, 1.54) is 25.9 Å². The fourth-order valence-corrected chi connectivity index (χ4v) is 4.51. The molecule has 0 bridgehead atoms. The van der Waals surface area contributed by atoms with E-state index in [0.29, 0.717) is 16.8 Å². The first kappa shape index (κ1) is 17.9. The number of hydrogen-bond acceptors (Lipinski definition) is 4. The van der Waals surface area contributed by atoms with Crippen molar-refractivity contribution in [3.05, 3.63) is 29.3 Å². The van der Waals surface area contributed by atoms with Gasteiger partial charge in [0.05, 0.1) is 6.04 Å². The van der Waals surface area contributed by atoms with Crippen molar-refractivity contribution in [2.24, 2.45) is 0 Å². The van der Waals surface area contributed by atoms with Gasteiger partial charge in [0.2, 0.25) is 0 Å². The van der Waals surface area contributed by atoms with Gasteiger partial charge in [0.15, 0.2) is 6.61 Å². The molecule has 2 aliphatic rings. The molecule has 24 heavy (non-hydrogen) atoms. The van der Waals surface area contributed by atoms with Crippen LogP contribution in [0.2, 0.25) is 5.02 Å². The molecule has 1 aromatic carbocycles. The maximum Gasteiger partial charge on any atom is 0.260 e. The fourth-order valence-electron chi connectivity index (χ4n) is 3.33. The van der Waals surface area contributed by atoms with Gasteiger partial charge in [-0.1, -0.05) is 11.6 Å². The lowest BCUT2D eigenvalue weighted by atomic mass is 10.2. The molecule has 2 aliphatic heterocycles. The van der Waals surface area contributed by atoms with Crippen molar-refractivity contribution in [1.82, 2.24) is 9.80 Å². The Bertz CT molecular complexity index is 534. The molecule has 0 radical (unpaired) electrons. The molecule has 0 N–H and O–H groups in total. The van der Waals surface area contributed by atoms with Crippen molar-refractivity contribution >= 4 is 29.3 Å². The van der Waals surface area contributed by atoms with Crippen LogP contribution in [0.25, 0.3) is 0 Å². The molecule has 1 amide bonds. The molecule has 6 heteroatoms. The minimum Gasteiger partial charge on any atom is -0.484 e. The third-order valence-electron chi connectivity index (χ3n) is 4.60. The maximum absolute atomic E-state index is 12.7. The lowest BCUT2D eigenvalue weighted by molar-refractivity contribution is -0.135. The normalized spacial score (nSPS) is 22.4. The molecule has 2 heterocycles. The van der Waals surface area contributed by atoms with E-state index in [4.69, 9.17) is 16.3 Å². The van der Waals surface area contributed by atoms with Gasteiger partial charge in [0.25, 0.3) is 5.91 Å². The maximum atomic E-state index is 12.7. The summed E-state index contributed by atoms with van der Waals surface area (Å²) in [5.41, 5.74) is 0. The number of carbonyl (C=O) groups excluding carboxylic acids is 1. The third-order valence-corrected chi connectivity index (χ3v) is 6.05. The average molecular weight is 369 g/mol. The van der Waals surface area contributed by atoms with Crippen LogP contribution in [0.15, 0.2) is 24.3 Å². The molecule has 3 rings (SSSR count). The molecule has 1 unspecified atom stereocenters. The van der Waals surface area contributed by atoms with Gasteiger partial charge in [0, 0.05) is 23.9 Å². The van der Waals surface area contributed by atoms with Crippen molar-refractivity contribution in [2.45, 2.75) is 25.3 Å². The van der Waals surface area contributed by atoms with Gasteiger partial charge in [-0.15, -0.1) is 0 Å². The van der Waals surface area contributed by atoms with E-state index in [-0.39, 0.29) is 12.5 Å². The third kappa shape index (κ3) is 5.04. The predicted molar refractivity (Wildman–Crippen MR) is 100 cm³/mol. The van der Waals surface area contributed by atoms with Crippen LogP contribution in [-0.2, 0) is 4.79 Å². The van der Waals surface area contributed by atoms with Crippen molar-refractivity contribution < 1.29 is 9.53 Å². The summed E-state index contributed by atoms with van der Waals surface area (Å²) in [4.78, 5) is 17.3. The van der Waals surface area contributed by atoms with E-state index in [2.05, 4.69) is 4.90 Å². The number of ether oxygens (including phenoxy) is 1. The van der Waals surface area contributed by atoms with Gasteiger partial charge >= 0.3 is 0 Å². The van der Waals surface area contributed by atoms with Crippen LogP contribution < -0.4 is 4.74 Å². The lowest BCUT2D eigenvalue weighted by Gasteiger charge is -2.32. The van der Waals surface area contributed by atoms with Gasteiger partial charge in [-0.25, -0.2) is 0 Å². The predicted octanol–water partition coefficient (Wildman–Crippen LogP) is 3.15. The summed E-state index contributed by atoms with van der Waals surface area (Å²) < 4.78 is 5.66.